The fourth-order valence-corrected chi connectivity index (χ4v) is 2.61. The van der Waals surface area contributed by atoms with Crippen LogP contribution in [0.2, 0.25) is 0 Å². The number of ether oxygens (including phenoxy) is 2. The maximum absolute atomic E-state index is 12.7. The number of guanidine groups is 1. The topological polar surface area (TPSA) is 84.0 Å². The molecule has 0 unspecified atom stereocenters. The lowest BCUT2D eigenvalue weighted by atomic mass is 10.1. The summed E-state index contributed by atoms with van der Waals surface area (Å²) in [6.07, 6.45) is 0. The van der Waals surface area contributed by atoms with E-state index in [1.807, 2.05) is 38.1 Å². The highest BCUT2D eigenvalue weighted by molar-refractivity contribution is 14.0. The third-order valence-corrected chi connectivity index (χ3v) is 4.36. The Labute approximate surface area is 204 Å². The number of anilines is 1. The second-order valence-electron chi connectivity index (χ2n) is 6.97. The summed E-state index contributed by atoms with van der Waals surface area (Å²) in [6, 6.07) is 12.1. The van der Waals surface area contributed by atoms with Crippen molar-refractivity contribution in [2.75, 3.05) is 19.5 Å². The lowest BCUT2D eigenvalue weighted by Gasteiger charge is -2.15. The molecular weight excluding hydrogens is 533 g/mol. The molecule has 0 fully saturated rings. The van der Waals surface area contributed by atoms with Gasteiger partial charge in [-0.05, 0) is 35.9 Å². The van der Waals surface area contributed by atoms with Crippen LogP contribution in [0, 0.1) is 5.92 Å². The molecule has 0 aliphatic rings. The number of alkyl halides is 2. The average Bonchev–Trinajstić information content (AvgIpc) is 2.75. The summed E-state index contributed by atoms with van der Waals surface area (Å²) in [4.78, 5) is 15.9. The predicted octanol–water partition coefficient (Wildman–Crippen LogP) is 4.37. The molecule has 0 heterocycles. The van der Waals surface area contributed by atoms with E-state index in [9.17, 15) is 13.6 Å². The molecule has 32 heavy (non-hydrogen) atoms. The summed E-state index contributed by atoms with van der Waals surface area (Å²) in [7, 11) is 3.11. The van der Waals surface area contributed by atoms with Crippen LogP contribution >= 0.6 is 24.0 Å². The Morgan fingerprint density at radius 2 is 1.72 bits per heavy atom. The number of amides is 1. The lowest BCUT2D eigenvalue weighted by molar-refractivity contribution is -0.118. The molecule has 0 radical (unpaired) electrons. The van der Waals surface area contributed by atoms with Crippen LogP contribution in [0.3, 0.4) is 0 Å². The van der Waals surface area contributed by atoms with E-state index in [2.05, 4.69) is 25.7 Å². The minimum atomic E-state index is -2.92. The predicted molar refractivity (Wildman–Crippen MR) is 132 cm³/mol. The van der Waals surface area contributed by atoms with Crippen LogP contribution < -0.4 is 25.4 Å². The lowest BCUT2D eigenvalue weighted by Crippen LogP contribution is -2.36. The molecule has 0 aromatic heterocycles. The van der Waals surface area contributed by atoms with E-state index in [1.54, 1.807) is 19.2 Å². The zero-order valence-electron chi connectivity index (χ0n) is 18.4. The third kappa shape index (κ3) is 8.85. The number of nitrogens with zero attached hydrogens (tertiary/aromatic N) is 1. The molecule has 2 aromatic carbocycles. The normalized spacial score (nSPS) is 11.1. The number of nitrogens with one attached hydrogen (secondary N) is 3. The molecule has 0 aliphatic carbocycles. The van der Waals surface area contributed by atoms with Crippen LogP contribution in [-0.4, -0.2) is 32.6 Å². The van der Waals surface area contributed by atoms with Gasteiger partial charge in [-0.15, -0.1) is 24.0 Å². The summed E-state index contributed by atoms with van der Waals surface area (Å²) in [5.41, 5.74) is 2.22. The third-order valence-electron chi connectivity index (χ3n) is 4.36. The highest BCUT2D eigenvalue weighted by atomic mass is 127. The second-order valence-corrected chi connectivity index (χ2v) is 6.97. The highest BCUT2D eigenvalue weighted by Crippen LogP contribution is 2.25. The Morgan fingerprint density at radius 1 is 1.06 bits per heavy atom. The minimum absolute atomic E-state index is 0. The maximum Gasteiger partial charge on any atom is 0.387 e. The number of benzene rings is 2. The number of aliphatic imine (C=N–C) groups is 1. The van der Waals surface area contributed by atoms with Gasteiger partial charge in [0, 0.05) is 37.3 Å². The molecule has 0 bridgehead atoms. The minimum Gasteiger partial charge on any atom is -0.497 e. The number of halogens is 3. The summed E-state index contributed by atoms with van der Waals surface area (Å²) in [5, 5.41) is 9.07. The number of methoxy groups -OCH3 is 1. The van der Waals surface area contributed by atoms with E-state index >= 15 is 0 Å². The fourth-order valence-electron chi connectivity index (χ4n) is 2.61. The monoisotopic (exact) mass is 562 g/mol. The van der Waals surface area contributed by atoms with E-state index in [-0.39, 0.29) is 48.1 Å². The standard InChI is InChI=1S/C22H28F2N4O3.HI/c1-14(2)20(29)28-17-7-5-15(6-8-17)12-26-22(25-3)27-13-16-11-18(30-4)9-10-19(16)31-21(23)24;/h5-11,14,21H,12-13H2,1-4H3,(H,28,29)(H2,25,26,27);1H. The van der Waals surface area contributed by atoms with Gasteiger partial charge < -0.3 is 25.4 Å². The van der Waals surface area contributed by atoms with Gasteiger partial charge >= 0.3 is 6.61 Å². The Hall–Kier alpha value is -2.63. The van der Waals surface area contributed by atoms with Gasteiger partial charge in [-0.25, -0.2) is 0 Å². The molecule has 1 amide bonds. The van der Waals surface area contributed by atoms with Gasteiger partial charge in [-0.3, -0.25) is 9.79 Å². The Balaban J connectivity index is 0.00000512. The van der Waals surface area contributed by atoms with E-state index in [0.29, 0.717) is 23.8 Å². The van der Waals surface area contributed by atoms with E-state index < -0.39 is 6.61 Å². The van der Waals surface area contributed by atoms with Crippen LogP contribution in [-0.2, 0) is 17.9 Å². The molecule has 2 rings (SSSR count). The van der Waals surface area contributed by atoms with Crippen molar-refractivity contribution in [3.8, 4) is 11.5 Å². The van der Waals surface area contributed by atoms with Crippen molar-refractivity contribution in [1.29, 1.82) is 0 Å². The van der Waals surface area contributed by atoms with Gasteiger partial charge in [0.05, 0.1) is 7.11 Å². The van der Waals surface area contributed by atoms with E-state index in [0.717, 1.165) is 11.3 Å². The summed E-state index contributed by atoms with van der Waals surface area (Å²) < 4.78 is 35.1. The molecule has 3 N–H and O–H groups in total. The molecule has 0 saturated heterocycles. The van der Waals surface area contributed by atoms with Crippen molar-refractivity contribution < 1.29 is 23.0 Å². The van der Waals surface area contributed by atoms with Crippen LogP contribution in [0.25, 0.3) is 0 Å². The molecule has 2 aromatic rings. The van der Waals surface area contributed by atoms with Crippen molar-refractivity contribution in [3.05, 3.63) is 53.6 Å². The van der Waals surface area contributed by atoms with Crippen LogP contribution in [0.4, 0.5) is 14.5 Å². The van der Waals surface area contributed by atoms with Crippen molar-refractivity contribution in [3.63, 3.8) is 0 Å². The Kier molecular flexibility index (Phi) is 11.7. The SMILES string of the molecule is CN=C(NCc1ccc(NC(=O)C(C)C)cc1)NCc1cc(OC)ccc1OC(F)F.I. The van der Waals surface area contributed by atoms with Gasteiger partial charge in [0.25, 0.3) is 0 Å². The quantitative estimate of drug-likeness (QED) is 0.240. The molecule has 7 nitrogen and oxygen atoms in total. The largest absolute Gasteiger partial charge is 0.497 e. The van der Waals surface area contributed by atoms with Gasteiger partial charge in [0.2, 0.25) is 5.91 Å². The van der Waals surface area contributed by atoms with Crippen molar-refractivity contribution in [1.82, 2.24) is 10.6 Å². The number of rotatable bonds is 9. The Bertz CT molecular complexity index is 893. The molecule has 0 aliphatic heterocycles. The number of carbonyl (C=O) groups is 1. The summed E-state index contributed by atoms with van der Waals surface area (Å²) in [6.45, 7) is 1.44. The first-order valence-electron chi connectivity index (χ1n) is 9.78. The first-order valence-corrected chi connectivity index (χ1v) is 9.78. The molecule has 176 valence electrons. The van der Waals surface area contributed by atoms with E-state index in [1.165, 1.54) is 13.2 Å². The summed E-state index contributed by atoms with van der Waals surface area (Å²) in [5.74, 6) is 0.960. The number of hydrogen-bond acceptors (Lipinski definition) is 4. The van der Waals surface area contributed by atoms with Crippen molar-refractivity contribution >= 4 is 41.5 Å². The maximum atomic E-state index is 12.7. The van der Waals surface area contributed by atoms with Crippen LogP contribution in [0.5, 0.6) is 11.5 Å². The number of hydrogen-bond donors (Lipinski definition) is 3. The number of carbonyl (C=O) groups excluding carboxylic acids is 1. The zero-order valence-corrected chi connectivity index (χ0v) is 20.8. The van der Waals surface area contributed by atoms with E-state index in [4.69, 9.17) is 4.74 Å². The molecule has 0 atom stereocenters. The second kappa shape index (κ2) is 13.7. The molecular formula is C22H29F2IN4O3. The fraction of sp³-hybridized carbons (Fsp3) is 0.364. The zero-order chi connectivity index (χ0) is 22.8. The Morgan fingerprint density at radius 3 is 2.28 bits per heavy atom. The molecule has 0 spiro atoms. The smallest absolute Gasteiger partial charge is 0.387 e. The van der Waals surface area contributed by atoms with Gasteiger partial charge in [0.15, 0.2) is 5.96 Å². The summed E-state index contributed by atoms with van der Waals surface area (Å²) >= 11 is 0. The van der Waals surface area contributed by atoms with Gasteiger partial charge in [0.1, 0.15) is 11.5 Å². The average molecular weight is 562 g/mol. The first-order chi connectivity index (χ1) is 14.8. The highest BCUT2D eigenvalue weighted by Gasteiger charge is 2.12. The molecule has 0 saturated carbocycles. The van der Waals surface area contributed by atoms with Crippen molar-refractivity contribution in [2.24, 2.45) is 10.9 Å². The van der Waals surface area contributed by atoms with Gasteiger partial charge in [-0.2, -0.15) is 8.78 Å². The first kappa shape index (κ1) is 27.4. The van der Waals surface area contributed by atoms with Crippen molar-refractivity contribution in [2.45, 2.75) is 33.5 Å². The molecule has 10 heteroatoms. The van der Waals surface area contributed by atoms with Gasteiger partial charge in [-0.1, -0.05) is 26.0 Å². The van der Waals surface area contributed by atoms with Crippen LogP contribution in [0.15, 0.2) is 47.5 Å². The van der Waals surface area contributed by atoms with Crippen LogP contribution in [0.1, 0.15) is 25.0 Å².